The van der Waals surface area contributed by atoms with Crippen LogP contribution in [-0.4, -0.2) is 23.8 Å². The van der Waals surface area contributed by atoms with E-state index in [1.54, 1.807) is 6.92 Å². The number of urea groups is 1. The maximum absolute atomic E-state index is 12.3. The number of rotatable bonds is 4. The number of anilines is 1. The number of carbonyl (C=O) groups is 1. The van der Waals surface area contributed by atoms with Crippen molar-refractivity contribution in [2.75, 3.05) is 11.9 Å². The van der Waals surface area contributed by atoms with Gasteiger partial charge in [-0.15, -0.1) is 0 Å². The van der Waals surface area contributed by atoms with Crippen molar-refractivity contribution in [1.29, 1.82) is 0 Å². The van der Waals surface area contributed by atoms with E-state index in [1.807, 2.05) is 25.1 Å². The molecule has 0 unspecified atom stereocenters. The fourth-order valence-corrected chi connectivity index (χ4v) is 2.98. The molecule has 0 saturated carbocycles. The van der Waals surface area contributed by atoms with Crippen molar-refractivity contribution in [3.63, 3.8) is 0 Å². The number of benzene rings is 1. The van der Waals surface area contributed by atoms with Gasteiger partial charge in [-0.2, -0.15) is 0 Å². The summed E-state index contributed by atoms with van der Waals surface area (Å²) in [7, 11) is 0. The Balaban J connectivity index is 1.59. The van der Waals surface area contributed by atoms with Crippen molar-refractivity contribution in [2.24, 2.45) is 0 Å². The molecule has 1 aromatic carbocycles. The lowest BCUT2D eigenvalue weighted by Crippen LogP contribution is -2.42. The highest BCUT2D eigenvalue weighted by Gasteiger charge is 2.25. The van der Waals surface area contributed by atoms with Crippen molar-refractivity contribution in [2.45, 2.75) is 45.3 Å². The van der Waals surface area contributed by atoms with E-state index in [1.165, 1.54) is 0 Å². The van der Waals surface area contributed by atoms with Gasteiger partial charge in [-0.05, 0) is 31.7 Å². The lowest BCUT2D eigenvalue weighted by atomic mass is 9.97. The van der Waals surface area contributed by atoms with Crippen LogP contribution in [0.15, 0.2) is 34.9 Å². The molecule has 6 heteroatoms. The summed E-state index contributed by atoms with van der Waals surface area (Å²) in [6, 6.07) is 9.96. The normalized spacial score (nSPS) is 20.6. The SMILES string of the molecule is CCc1noc(C)c1NC(=O)N[C@H]1CCO[C@@H](c2ccccc2)C1. The van der Waals surface area contributed by atoms with E-state index in [2.05, 4.69) is 27.9 Å². The molecule has 3 rings (SSSR count). The second kappa shape index (κ2) is 7.49. The monoisotopic (exact) mass is 329 g/mol. The van der Waals surface area contributed by atoms with Gasteiger partial charge in [0.15, 0.2) is 5.76 Å². The molecule has 1 aromatic heterocycles. The first-order chi connectivity index (χ1) is 11.7. The van der Waals surface area contributed by atoms with Crippen LogP contribution in [0, 0.1) is 6.92 Å². The van der Waals surface area contributed by atoms with Crippen molar-refractivity contribution in [3.8, 4) is 0 Å². The summed E-state index contributed by atoms with van der Waals surface area (Å²) in [5.74, 6) is 0.621. The molecule has 2 amide bonds. The number of aromatic nitrogens is 1. The fourth-order valence-electron chi connectivity index (χ4n) is 2.98. The van der Waals surface area contributed by atoms with Gasteiger partial charge in [-0.25, -0.2) is 4.79 Å². The summed E-state index contributed by atoms with van der Waals surface area (Å²) in [4.78, 5) is 12.3. The van der Waals surface area contributed by atoms with Crippen LogP contribution in [0.3, 0.4) is 0 Å². The molecule has 0 bridgehead atoms. The highest BCUT2D eigenvalue weighted by atomic mass is 16.5. The van der Waals surface area contributed by atoms with Crippen molar-refractivity contribution < 1.29 is 14.1 Å². The third-order valence-electron chi connectivity index (χ3n) is 4.30. The van der Waals surface area contributed by atoms with Gasteiger partial charge in [0.1, 0.15) is 11.4 Å². The maximum atomic E-state index is 12.3. The van der Waals surface area contributed by atoms with Crippen molar-refractivity contribution >= 4 is 11.7 Å². The van der Waals surface area contributed by atoms with Crippen LogP contribution < -0.4 is 10.6 Å². The maximum Gasteiger partial charge on any atom is 0.319 e. The van der Waals surface area contributed by atoms with Gasteiger partial charge in [0.25, 0.3) is 0 Å². The summed E-state index contributed by atoms with van der Waals surface area (Å²) in [5.41, 5.74) is 2.58. The molecule has 128 valence electrons. The number of carbonyl (C=O) groups excluding carboxylic acids is 1. The van der Waals surface area contributed by atoms with Crippen LogP contribution >= 0.6 is 0 Å². The second-order valence-electron chi connectivity index (χ2n) is 6.00. The number of amides is 2. The zero-order valence-corrected chi connectivity index (χ0v) is 14.0. The number of nitrogens with one attached hydrogen (secondary N) is 2. The Morgan fingerprint density at radius 1 is 1.33 bits per heavy atom. The minimum Gasteiger partial charge on any atom is -0.373 e. The number of hydrogen-bond acceptors (Lipinski definition) is 4. The predicted molar refractivity (Wildman–Crippen MR) is 90.9 cm³/mol. The topological polar surface area (TPSA) is 76.4 Å². The molecule has 0 spiro atoms. The highest BCUT2D eigenvalue weighted by molar-refractivity contribution is 5.90. The number of hydrogen-bond donors (Lipinski definition) is 2. The van der Waals surface area contributed by atoms with Crippen LogP contribution in [0.4, 0.5) is 10.5 Å². The van der Waals surface area contributed by atoms with Crippen LogP contribution in [0.25, 0.3) is 0 Å². The van der Waals surface area contributed by atoms with Gasteiger partial charge in [0.05, 0.1) is 6.10 Å². The van der Waals surface area contributed by atoms with Gasteiger partial charge in [-0.3, -0.25) is 0 Å². The minimum atomic E-state index is -0.227. The van der Waals surface area contributed by atoms with E-state index in [-0.39, 0.29) is 18.2 Å². The molecule has 1 fully saturated rings. The summed E-state index contributed by atoms with van der Waals surface area (Å²) in [5, 5.41) is 9.85. The largest absolute Gasteiger partial charge is 0.373 e. The van der Waals surface area contributed by atoms with Crippen LogP contribution in [-0.2, 0) is 11.2 Å². The molecule has 24 heavy (non-hydrogen) atoms. The van der Waals surface area contributed by atoms with E-state index in [4.69, 9.17) is 9.26 Å². The molecule has 2 atom stereocenters. The first kappa shape index (κ1) is 16.5. The molecule has 6 nitrogen and oxygen atoms in total. The third-order valence-corrected chi connectivity index (χ3v) is 4.30. The van der Waals surface area contributed by atoms with E-state index in [0.29, 0.717) is 24.5 Å². The van der Waals surface area contributed by atoms with Crippen molar-refractivity contribution in [1.82, 2.24) is 10.5 Å². The Labute approximate surface area is 141 Å². The van der Waals surface area contributed by atoms with Gasteiger partial charge < -0.3 is 19.9 Å². The van der Waals surface area contributed by atoms with Gasteiger partial charge in [0.2, 0.25) is 0 Å². The zero-order valence-electron chi connectivity index (χ0n) is 14.0. The standard InChI is InChI=1S/C18H23N3O3/c1-3-15-17(12(2)24-21-15)20-18(22)19-14-9-10-23-16(11-14)13-7-5-4-6-8-13/h4-8,14,16H,3,9-11H2,1-2H3,(H2,19,20,22)/t14-,16+/m0/s1. The third kappa shape index (κ3) is 3.76. The molecule has 1 aliphatic heterocycles. The molecular formula is C18H23N3O3. The van der Waals surface area contributed by atoms with Gasteiger partial charge >= 0.3 is 6.03 Å². The molecule has 2 heterocycles. The Bertz CT molecular complexity index is 684. The molecule has 0 aliphatic carbocycles. The number of ether oxygens (including phenoxy) is 1. The predicted octanol–water partition coefficient (Wildman–Crippen LogP) is 3.59. The van der Waals surface area contributed by atoms with Crippen molar-refractivity contribution in [3.05, 3.63) is 47.3 Å². The van der Waals surface area contributed by atoms with E-state index < -0.39 is 0 Å². The molecular weight excluding hydrogens is 306 g/mol. The smallest absolute Gasteiger partial charge is 0.319 e. The molecule has 2 aromatic rings. The number of aryl methyl sites for hydroxylation is 2. The first-order valence-electron chi connectivity index (χ1n) is 8.36. The van der Waals surface area contributed by atoms with E-state index in [9.17, 15) is 4.79 Å². The summed E-state index contributed by atoms with van der Waals surface area (Å²) in [6.45, 7) is 4.40. The average Bonchev–Trinajstić information content (AvgIpc) is 2.96. The van der Waals surface area contributed by atoms with E-state index in [0.717, 1.165) is 24.1 Å². The minimum absolute atomic E-state index is 0.0220. The Hall–Kier alpha value is -2.34. The fraction of sp³-hybridized carbons (Fsp3) is 0.444. The van der Waals surface area contributed by atoms with Gasteiger partial charge in [0, 0.05) is 12.6 Å². The summed E-state index contributed by atoms with van der Waals surface area (Å²) < 4.78 is 11.0. The van der Waals surface area contributed by atoms with E-state index >= 15 is 0 Å². The molecule has 1 saturated heterocycles. The van der Waals surface area contributed by atoms with Crippen LogP contribution in [0.1, 0.15) is 42.9 Å². The quantitative estimate of drug-likeness (QED) is 0.899. The molecule has 0 radical (unpaired) electrons. The highest BCUT2D eigenvalue weighted by Crippen LogP contribution is 2.28. The lowest BCUT2D eigenvalue weighted by Gasteiger charge is -2.30. The second-order valence-corrected chi connectivity index (χ2v) is 6.00. The summed E-state index contributed by atoms with van der Waals surface area (Å²) in [6.07, 6.45) is 2.30. The Morgan fingerprint density at radius 2 is 2.12 bits per heavy atom. The Kier molecular flexibility index (Phi) is 5.15. The van der Waals surface area contributed by atoms with Crippen LogP contribution in [0.2, 0.25) is 0 Å². The zero-order chi connectivity index (χ0) is 16.9. The average molecular weight is 329 g/mol. The summed E-state index contributed by atoms with van der Waals surface area (Å²) >= 11 is 0. The lowest BCUT2D eigenvalue weighted by molar-refractivity contribution is 0.00253. The first-order valence-corrected chi connectivity index (χ1v) is 8.36. The van der Waals surface area contributed by atoms with Crippen LogP contribution in [0.5, 0.6) is 0 Å². The Morgan fingerprint density at radius 3 is 2.88 bits per heavy atom. The van der Waals surface area contributed by atoms with Gasteiger partial charge in [-0.1, -0.05) is 42.4 Å². The number of nitrogens with zero attached hydrogens (tertiary/aromatic N) is 1. The molecule has 2 N–H and O–H groups in total. The molecule has 1 aliphatic rings.